The van der Waals surface area contributed by atoms with Crippen molar-refractivity contribution in [2.24, 2.45) is 0 Å². The van der Waals surface area contributed by atoms with Crippen molar-refractivity contribution in [3.63, 3.8) is 0 Å². The number of nitrogens with zero attached hydrogens (tertiary/aromatic N) is 2. The third-order valence-corrected chi connectivity index (χ3v) is 3.94. The number of carbonyl (C=O) groups excluding carboxylic acids is 1. The summed E-state index contributed by atoms with van der Waals surface area (Å²) in [5.74, 6) is 1.30. The molecule has 5 nitrogen and oxygen atoms in total. The van der Waals surface area contributed by atoms with Crippen LogP contribution in [0.4, 0.5) is 0 Å². The SMILES string of the molecule is O=C(NCc1cn2ccccc2n1)c1ccc(Oc2ccccc2)cc1. The number of benzene rings is 2. The number of carbonyl (C=O) groups is 1. The Hall–Kier alpha value is -3.60. The summed E-state index contributed by atoms with van der Waals surface area (Å²) >= 11 is 0. The smallest absolute Gasteiger partial charge is 0.251 e. The first-order chi connectivity index (χ1) is 12.8. The summed E-state index contributed by atoms with van der Waals surface area (Å²) in [6.45, 7) is 0.378. The van der Waals surface area contributed by atoms with Crippen LogP contribution in [-0.4, -0.2) is 15.3 Å². The van der Waals surface area contributed by atoms with Gasteiger partial charge in [-0.2, -0.15) is 0 Å². The Morgan fingerprint density at radius 1 is 0.923 bits per heavy atom. The fourth-order valence-electron chi connectivity index (χ4n) is 2.64. The largest absolute Gasteiger partial charge is 0.457 e. The highest BCUT2D eigenvalue weighted by Crippen LogP contribution is 2.21. The van der Waals surface area contributed by atoms with E-state index < -0.39 is 0 Å². The first kappa shape index (κ1) is 15.9. The summed E-state index contributed by atoms with van der Waals surface area (Å²) in [5, 5.41) is 2.89. The predicted octanol–water partition coefficient (Wildman–Crippen LogP) is 4.06. The van der Waals surface area contributed by atoms with E-state index in [2.05, 4.69) is 10.3 Å². The number of pyridine rings is 1. The van der Waals surface area contributed by atoms with Crippen molar-refractivity contribution in [2.75, 3.05) is 0 Å². The highest BCUT2D eigenvalue weighted by atomic mass is 16.5. The number of para-hydroxylation sites is 1. The van der Waals surface area contributed by atoms with E-state index in [1.807, 2.05) is 65.3 Å². The molecule has 0 aliphatic carbocycles. The highest BCUT2D eigenvalue weighted by molar-refractivity contribution is 5.94. The third-order valence-electron chi connectivity index (χ3n) is 3.94. The van der Waals surface area contributed by atoms with Crippen LogP contribution in [0.2, 0.25) is 0 Å². The van der Waals surface area contributed by atoms with Crippen molar-refractivity contribution in [3.8, 4) is 11.5 Å². The van der Waals surface area contributed by atoms with Gasteiger partial charge in [-0.3, -0.25) is 4.79 Å². The van der Waals surface area contributed by atoms with Crippen molar-refractivity contribution >= 4 is 11.6 Å². The van der Waals surface area contributed by atoms with Crippen molar-refractivity contribution < 1.29 is 9.53 Å². The molecule has 1 N–H and O–H groups in total. The Morgan fingerprint density at radius 3 is 2.42 bits per heavy atom. The normalized spacial score (nSPS) is 10.6. The highest BCUT2D eigenvalue weighted by Gasteiger charge is 2.07. The Balaban J connectivity index is 1.38. The number of hydrogen-bond donors (Lipinski definition) is 1. The van der Waals surface area contributed by atoms with Crippen LogP contribution in [0.1, 0.15) is 16.1 Å². The van der Waals surface area contributed by atoms with Crippen molar-refractivity contribution in [1.82, 2.24) is 14.7 Å². The van der Waals surface area contributed by atoms with Crippen LogP contribution in [0.15, 0.2) is 85.2 Å². The van der Waals surface area contributed by atoms with Gasteiger partial charge < -0.3 is 14.5 Å². The summed E-state index contributed by atoms with van der Waals surface area (Å²) in [6, 6.07) is 22.4. The molecule has 5 heteroatoms. The first-order valence-electron chi connectivity index (χ1n) is 8.32. The Kier molecular flexibility index (Phi) is 4.35. The molecule has 4 aromatic rings. The lowest BCUT2D eigenvalue weighted by atomic mass is 10.2. The zero-order valence-electron chi connectivity index (χ0n) is 14.0. The van der Waals surface area contributed by atoms with E-state index in [1.54, 1.807) is 24.3 Å². The van der Waals surface area contributed by atoms with Gasteiger partial charge in [-0.25, -0.2) is 4.98 Å². The van der Waals surface area contributed by atoms with Gasteiger partial charge in [-0.05, 0) is 48.5 Å². The number of ether oxygens (including phenoxy) is 1. The van der Waals surface area contributed by atoms with Crippen molar-refractivity contribution in [3.05, 3.63) is 96.4 Å². The second-order valence-corrected chi connectivity index (χ2v) is 5.82. The summed E-state index contributed by atoms with van der Waals surface area (Å²) in [5.41, 5.74) is 2.25. The Morgan fingerprint density at radius 2 is 1.65 bits per heavy atom. The molecule has 0 aliphatic rings. The molecule has 2 aromatic carbocycles. The van der Waals surface area contributed by atoms with Crippen LogP contribution in [0.5, 0.6) is 11.5 Å². The molecule has 0 unspecified atom stereocenters. The number of hydrogen-bond acceptors (Lipinski definition) is 3. The van der Waals surface area contributed by atoms with Gasteiger partial charge >= 0.3 is 0 Å². The summed E-state index contributed by atoms with van der Waals surface area (Å²) in [6.07, 6.45) is 3.84. The molecule has 128 valence electrons. The standard InChI is InChI=1S/C21H17N3O2/c25-21(22-14-17-15-24-13-5-4-8-20(24)23-17)16-9-11-19(12-10-16)26-18-6-2-1-3-7-18/h1-13,15H,14H2,(H,22,25). The lowest BCUT2D eigenvalue weighted by Gasteiger charge is -2.07. The third kappa shape index (κ3) is 3.57. The van der Waals surface area contributed by atoms with Gasteiger partial charge in [0, 0.05) is 18.0 Å². The molecule has 0 aliphatic heterocycles. The molecule has 1 amide bonds. The van der Waals surface area contributed by atoms with Gasteiger partial charge in [0.1, 0.15) is 17.1 Å². The van der Waals surface area contributed by atoms with E-state index in [0.717, 1.165) is 17.1 Å². The van der Waals surface area contributed by atoms with Gasteiger partial charge in [-0.1, -0.05) is 24.3 Å². The molecule has 0 saturated heterocycles. The minimum Gasteiger partial charge on any atom is -0.457 e. The molecular formula is C21H17N3O2. The van der Waals surface area contributed by atoms with E-state index in [1.165, 1.54) is 0 Å². The van der Waals surface area contributed by atoms with E-state index in [9.17, 15) is 4.79 Å². The van der Waals surface area contributed by atoms with Crippen LogP contribution in [0, 0.1) is 0 Å². The number of aromatic nitrogens is 2. The molecule has 0 fully saturated rings. The molecule has 0 atom stereocenters. The van der Waals surface area contributed by atoms with Gasteiger partial charge in [0.2, 0.25) is 0 Å². The number of amides is 1. The zero-order valence-corrected chi connectivity index (χ0v) is 14.0. The maximum atomic E-state index is 12.3. The average molecular weight is 343 g/mol. The predicted molar refractivity (Wildman–Crippen MR) is 99.3 cm³/mol. The van der Waals surface area contributed by atoms with E-state index in [4.69, 9.17) is 4.74 Å². The summed E-state index contributed by atoms with van der Waals surface area (Å²) in [4.78, 5) is 16.8. The molecular weight excluding hydrogens is 326 g/mol. The van der Waals surface area contributed by atoms with Gasteiger partial charge in [-0.15, -0.1) is 0 Å². The molecule has 26 heavy (non-hydrogen) atoms. The lowest BCUT2D eigenvalue weighted by molar-refractivity contribution is 0.0950. The van der Waals surface area contributed by atoms with E-state index in [0.29, 0.717) is 17.9 Å². The van der Waals surface area contributed by atoms with Gasteiger partial charge in [0.25, 0.3) is 5.91 Å². The lowest BCUT2D eigenvalue weighted by Crippen LogP contribution is -2.22. The van der Waals surface area contributed by atoms with E-state index in [-0.39, 0.29) is 5.91 Å². The molecule has 0 bridgehead atoms. The number of fused-ring (bicyclic) bond motifs is 1. The van der Waals surface area contributed by atoms with E-state index >= 15 is 0 Å². The minimum atomic E-state index is -0.145. The van der Waals surface area contributed by atoms with Gasteiger partial charge in [0.05, 0.1) is 12.2 Å². The first-order valence-corrected chi connectivity index (χ1v) is 8.32. The number of nitrogens with one attached hydrogen (secondary N) is 1. The quantitative estimate of drug-likeness (QED) is 0.595. The number of imidazole rings is 1. The maximum absolute atomic E-state index is 12.3. The van der Waals surface area contributed by atoms with Crippen LogP contribution in [0.25, 0.3) is 5.65 Å². The molecule has 0 spiro atoms. The summed E-state index contributed by atoms with van der Waals surface area (Å²) < 4.78 is 7.66. The summed E-state index contributed by atoms with van der Waals surface area (Å²) in [7, 11) is 0. The van der Waals surface area contributed by atoms with Crippen LogP contribution < -0.4 is 10.1 Å². The average Bonchev–Trinajstić information content (AvgIpc) is 3.10. The van der Waals surface area contributed by atoms with Crippen molar-refractivity contribution in [2.45, 2.75) is 6.54 Å². The molecule has 2 heterocycles. The van der Waals surface area contributed by atoms with Crippen LogP contribution in [-0.2, 0) is 6.54 Å². The van der Waals surface area contributed by atoms with Crippen LogP contribution in [0.3, 0.4) is 0 Å². The molecule has 4 rings (SSSR count). The number of rotatable bonds is 5. The molecule has 0 saturated carbocycles. The fourth-order valence-corrected chi connectivity index (χ4v) is 2.64. The molecule has 0 radical (unpaired) electrons. The second kappa shape index (κ2) is 7.11. The van der Waals surface area contributed by atoms with Gasteiger partial charge in [0.15, 0.2) is 0 Å². The zero-order chi connectivity index (χ0) is 17.8. The molecule has 2 aromatic heterocycles. The minimum absolute atomic E-state index is 0.145. The van der Waals surface area contributed by atoms with Crippen LogP contribution >= 0.6 is 0 Å². The topological polar surface area (TPSA) is 55.6 Å². The fraction of sp³-hybridized carbons (Fsp3) is 0.0476. The maximum Gasteiger partial charge on any atom is 0.251 e. The monoisotopic (exact) mass is 343 g/mol. The Bertz CT molecular complexity index is 991. The Labute approximate surface area is 150 Å². The van der Waals surface area contributed by atoms with Crippen molar-refractivity contribution in [1.29, 1.82) is 0 Å². The second-order valence-electron chi connectivity index (χ2n) is 5.82.